The van der Waals surface area contributed by atoms with Crippen molar-refractivity contribution in [3.8, 4) is 0 Å². The van der Waals surface area contributed by atoms with Crippen LogP contribution in [0.4, 0.5) is 0 Å². The molecule has 15 heavy (non-hydrogen) atoms. The summed E-state index contributed by atoms with van der Waals surface area (Å²) in [4.78, 5) is 0.290. The summed E-state index contributed by atoms with van der Waals surface area (Å²) < 4.78 is 23.9. The summed E-state index contributed by atoms with van der Waals surface area (Å²) in [5, 5.41) is 0. The molecule has 0 bridgehead atoms. The monoisotopic (exact) mass is 291 g/mol. The molecule has 0 unspecified atom stereocenters. The lowest BCUT2D eigenvalue weighted by atomic mass is 9.96. The molecule has 3 nitrogen and oxygen atoms in total. The van der Waals surface area contributed by atoms with Gasteiger partial charge in [-0.15, -0.1) is 0 Å². The van der Waals surface area contributed by atoms with E-state index in [0.717, 1.165) is 4.47 Å². The lowest BCUT2D eigenvalue weighted by Gasteiger charge is -2.22. The second kappa shape index (κ2) is 3.88. The van der Waals surface area contributed by atoms with Crippen molar-refractivity contribution in [1.82, 2.24) is 0 Å². The minimum absolute atomic E-state index is 0.290. The van der Waals surface area contributed by atoms with Crippen LogP contribution in [0.15, 0.2) is 27.6 Å². The molecule has 84 valence electrons. The van der Waals surface area contributed by atoms with Gasteiger partial charge in [-0.1, -0.05) is 15.9 Å². The zero-order chi connectivity index (χ0) is 11.9. The van der Waals surface area contributed by atoms with Crippen molar-refractivity contribution in [3.05, 3.63) is 28.2 Å². The Hall–Kier alpha value is -0.390. The van der Waals surface area contributed by atoms with E-state index in [-0.39, 0.29) is 0 Å². The maximum atomic E-state index is 11.5. The molecular formula is C10H14BrNO2S. The van der Waals surface area contributed by atoms with Crippen LogP contribution < -0.4 is 5.73 Å². The third kappa shape index (κ3) is 3.03. The van der Waals surface area contributed by atoms with E-state index in [4.69, 9.17) is 5.73 Å². The molecule has 2 N–H and O–H groups in total. The van der Waals surface area contributed by atoms with Gasteiger partial charge >= 0.3 is 0 Å². The van der Waals surface area contributed by atoms with Gasteiger partial charge in [-0.05, 0) is 37.6 Å². The van der Waals surface area contributed by atoms with E-state index >= 15 is 0 Å². The Bertz CT molecular complexity index is 475. The number of rotatable bonds is 2. The maximum Gasteiger partial charge on any atom is 0.175 e. The standard InChI is InChI=1S/C10H14BrNO2S/c1-10(2,12)8-6-7(11)4-5-9(8)15(3,13)14/h4-6H,12H2,1-3H3. The van der Waals surface area contributed by atoms with E-state index in [2.05, 4.69) is 15.9 Å². The summed E-state index contributed by atoms with van der Waals surface area (Å²) in [6.07, 6.45) is 1.19. The molecule has 0 amide bonds. The van der Waals surface area contributed by atoms with Crippen molar-refractivity contribution >= 4 is 25.8 Å². The molecule has 5 heteroatoms. The lowest BCUT2D eigenvalue weighted by Crippen LogP contribution is -2.30. The van der Waals surface area contributed by atoms with Gasteiger partial charge in [0.05, 0.1) is 4.90 Å². The quantitative estimate of drug-likeness (QED) is 0.907. The average Bonchev–Trinajstić information content (AvgIpc) is 2.00. The van der Waals surface area contributed by atoms with Crippen molar-refractivity contribution < 1.29 is 8.42 Å². The molecule has 0 fully saturated rings. The van der Waals surface area contributed by atoms with Crippen molar-refractivity contribution in [2.75, 3.05) is 6.26 Å². The van der Waals surface area contributed by atoms with Gasteiger partial charge in [0.1, 0.15) is 0 Å². The van der Waals surface area contributed by atoms with Gasteiger partial charge < -0.3 is 5.73 Å². The fourth-order valence-corrected chi connectivity index (χ4v) is 2.73. The average molecular weight is 292 g/mol. The van der Waals surface area contributed by atoms with Gasteiger partial charge in [-0.25, -0.2) is 8.42 Å². The molecule has 0 aromatic heterocycles. The first-order chi connectivity index (χ1) is 6.62. The molecular weight excluding hydrogens is 278 g/mol. The van der Waals surface area contributed by atoms with Crippen LogP contribution in [0.2, 0.25) is 0 Å². The van der Waals surface area contributed by atoms with Crippen LogP contribution in [0.25, 0.3) is 0 Å². The predicted octanol–water partition coefficient (Wildman–Crippen LogP) is 2.05. The van der Waals surface area contributed by atoms with Crippen molar-refractivity contribution in [2.24, 2.45) is 5.73 Å². The molecule has 0 aliphatic carbocycles. The van der Waals surface area contributed by atoms with Crippen LogP contribution in [0.3, 0.4) is 0 Å². The highest BCUT2D eigenvalue weighted by atomic mass is 79.9. The fraction of sp³-hybridized carbons (Fsp3) is 0.400. The summed E-state index contributed by atoms with van der Waals surface area (Å²) >= 11 is 3.31. The minimum Gasteiger partial charge on any atom is -0.322 e. The van der Waals surface area contributed by atoms with Gasteiger partial charge in [0.15, 0.2) is 9.84 Å². The van der Waals surface area contributed by atoms with Gasteiger partial charge in [0, 0.05) is 16.3 Å². The number of sulfone groups is 1. The van der Waals surface area contributed by atoms with Crippen molar-refractivity contribution in [2.45, 2.75) is 24.3 Å². The highest BCUT2D eigenvalue weighted by molar-refractivity contribution is 9.10. The second-order valence-corrected chi connectivity index (χ2v) is 7.03. The predicted molar refractivity (Wildman–Crippen MR) is 64.5 cm³/mol. The lowest BCUT2D eigenvalue weighted by molar-refractivity contribution is 0.535. The molecule has 0 aliphatic rings. The Morgan fingerprint density at radius 1 is 1.33 bits per heavy atom. The normalized spacial score (nSPS) is 12.9. The first-order valence-corrected chi connectivity index (χ1v) is 7.10. The first-order valence-electron chi connectivity index (χ1n) is 4.41. The van der Waals surface area contributed by atoms with Crippen LogP contribution >= 0.6 is 15.9 Å². The van der Waals surface area contributed by atoms with E-state index in [1.54, 1.807) is 32.0 Å². The molecule has 0 heterocycles. The van der Waals surface area contributed by atoms with E-state index in [9.17, 15) is 8.42 Å². The minimum atomic E-state index is -3.23. The molecule has 0 saturated heterocycles. The van der Waals surface area contributed by atoms with Crippen LogP contribution in [-0.2, 0) is 15.4 Å². The van der Waals surface area contributed by atoms with Gasteiger partial charge in [0.25, 0.3) is 0 Å². The summed E-state index contributed by atoms with van der Waals surface area (Å²) in [7, 11) is -3.23. The zero-order valence-corrected chi connectivity index (χ0v) is 11.3. The molecule has 1 aromatic carbocycles. The number of hydrogen-bond acceptors (Lipinski definition) is 3. The number of halogens is 1. The van der Waals surface area contributed by atoms with E-state index in [1.807, 2.05) is 0 Å². The Kier molecular flexibility index (Phi) is 3.28. The number of nitrogens with two attached hydrogens (primary N) is 1. The third-order valence-electron chi connectivity index (χ3n) is 2.04. The highest BCUT2D eigenvalue weighted by Gasteiger charge is 2.23. The summed E-state index contributed by atoms with van der Waals surface area (Å²) in [5.41, 5.74) is 5.88. The number of benzene rings is 1. The van der Waals surface area contributed by atoms with Crippen LogP contribution in [0.1, 0.15) is 19.4 Å². The maximum absolute atomic E-state index is 11.5. The van der Waals surface area contributed by atoms with E-state index in [0.29, 0.717) is 10.5 Å². The van der Waals surface area contributed by atoms with Crippen molar-refractivity contribution in [3.63, 3.8) is 0 Å². The SMILES string of the molecule is CC(C)(N)c1cc(Br)ccc1S(C)(=O)=O. The fourth-order valence-electron chi connectivity index (χ4n) is 1.33. The zero-order valence-electron chi connectivity index (χ0n) is 8.91. The summed E-state index contributed by atoms with van der Waals surface area (Å²) in [6, 6.07) is 5.02. The third-order valence-corrected chi connectivity index (χ3v) is 3.68. The Balaban J connectivity index is 3.55. The smallest absolute Gasteiger partial charge is 0.175 e. The molecule has 0 saturated carbocycles. The second-order valence-electron chi connectivity index (χ2n) is 4.13. The Labute approximate surface area is 98.7 Å². The number of hydrogen-bond donors (Lipinski definition) is 1. The van der Waals surface area contributed by atoms with E-state index < -0.39 is 15.4 Å². The molecule has 1 aromatic rings. The topological polar surface area (TPSA) is 60.2 Å². The van der Waals surface area contributed by atoms with Crippen LogP contribution in [-0.4, -0.2) is 14.7 Å². The van der Waals surface area contributed by atoms with Crippen LogP contribution in [0.5, 0.6) is 0 Å². The Morgan fingerprint density at radius 2 is 1.87 bits per heavy atom. The van der Waals surface area contributed by atoms with Gasteiger partial charge in [-0.3, -0.25) is 0 Å². The molecule has 0 spiro atoms. The van der Waals surface area contributed by atoms with Gasteiger partial charge in [-0.2, -0.15) is 0 Å². The highest BCUT2D eigenvalue weighted by Crippen LogP contribution is 2.28. The summed E-state index contributed by atoms with van der Waals surface area (Å²) in [5.74, 6) is 0. The largest absolute Gasteiger partial charge is 0.322 e. The molecule has 0 aliphatic heterocycles. The van der Waals surface area contributed by atoms with E-state index in [1.165, 1.54) is 6.26 Å². The molecule has 1 rings (SSSR count). The van der Waals surface area contributed by atoms with Crippen molar-refractivity contribution in [1.29, 1.82) is 0 Å². The molecule has 0 radical (unpaired) electrons. The molecule has 0 atom stereocenters. The summed E-state index contributed by atoms with van der Waals surface area (Å²) in [6.45, 7) is 3.56. The Morgan fingerprint density at radius 3 is 2.27 bits per heavy atom. The van der Waals surface area contributed by atoms with Gasteiger partial charge in [0.2, 0.25) is 0 Å². The van der Waals surface area contributed by atoms with Crippen LogP contribution in [0, 0.1) is 0 Å². The first kappa shape index (κ1) is 12.7.